The summed E-state index contributed by atoms with van der Waals surface area (Å²) in [5, 5.41) is 6.78. The Morgan fingerprint density at radius 3 is 2.55 bits per heavy atom. The van der Waals surface area contributed by atoms with E-state index in [1.807, 2.05) is 7.05 Å². The molecule has 1 fully saturated rings. The number of ether oxygens (including phenoxy) is 1. The summed E-state index contributed by atoms with van der Waals surface area (Å²) in [6, 6.07) is 0.502. The fourth-order valence-electron chi connectivity index (χ4n) is 2.69. The molecule has 0 aromatic rings. The smallest absolute Gasteiger partial charge is 0.191 e. The normalized spacial score (nSPS) is 25.0. The highest BCUT2D eigenvalue weighted by Gasteiger charge is 2.29. The number of rotatable bonds is 7. The third-order valence-corrected chi connectivity index (χ3v) is 4.15. The van der Waals surface area contributed by atoms with E-state index in [2.05, 4.69) is 48.2 Å². The SMILES string of the molecule is CCN(CC)C(C)CNC(=NC)NCC1(C)CCCO1. The molecule has 1 aliphatic rings. The molecule has 2 unspecified atom stereocenters. The Morgan fingerprint density at radius 2 is 2.05 bits per heavy atom. The van der Waals surface area contributed by atoms with Crippen LogP contribution in [0.2, 0.25) is 0 Å². The Morgan fingerprint density at radius 1 is 1.35 bits per heavy atom. The Hall–Kier alpha value is -0.810. The van der Waals surface area contributed by atoms with Gasteiger partial charge in [0.05, 0.1) is 5.60 Å². The van der Waals surface area contributed by atoms with E-state index in [0.717, 1.165) is 51.6 Å². The lowest BCUT2D eigenvalue weighted by atomic mass is 10.0. The van der Waals surface area contributed by atoms with E-state index in [-0.39, 0.29) is 5.60 Å². The Bertz CT molecular complexity index is 296. The van der Waals surface area contributed by atoms with Crippen molar-refractivity contribution in [3.05, 3.63) is 0 Å². The van der Waals surface area contributed by atoms with Gasteiger partial charge in [0, 0.05) is 32.8 Å². The zero-order valence-corrected chi connectivity index (χ0v) is 13.8. The average Bonchev–Trinajstić information content (AvgIpc) is 2.87. The summed E-state index contributed by atoms with van der Waals surface area (Å²) in [6.07, 6.45) is 2.27. The number of aliphatic imine (C=N–C) groups is 1. The number of guanidine groups is 1. The largest absolute Gasteiger partial charge is 0.373 e. The van der Waals surface area contributed by atoms with Gasteiger partial charge in [-0.1, -0.05) is 13.8 Å². The van der Waals surface area contributed by atoms with Gasteiger partial charge in [-0.25, -0.2) is 0 Å². The van der Waals surface area contributed by atoms with Crippen molar-refractivity contribution in [2.75, 3.05) is 39.8 Å². The summed E-state index contributed by atoms with van der Waals surface area (Å²) in [4.78, 5) is 6.72. The van der Waals surface area contributed by atoms with Gasteiger partial charge in [-0.15, -0.1) is 0 Å². The van der Waals surface area contributed by atoms with Gasteiger partial charge in [0.25, 0.3) is 0 Å². The third kappa shape index (κ3) is 5.29. The molecule has 0 bridgehead atoms. The van der Waals surface area contributed by atoms with Crippen molar-refractivity contribution in [2.24, 2.45) is 4.99 Å². The van der Waals surface area contributed by atoms with Gasteiger partial charge in [-0.2, -0.15) is 0 Å². The number of likely N-dealkylation sites (N-methyl/N-ethyl adjacent to an activating group) is 1. The second-order valence-corrected chi connectivity index (χ2v) is 5.78. The van der Waals surface area contributed by atoms with Gasteiger partial charge in [0.15, 0.2) is 5.96 Å². The molecule has 20 heavy (non-hydrogen) atoms. The van der Waals surface area contributed by atoms with Crippen molar-refractivity contribution < 1.29 is 4.74 Å². The average molecular weight is 284 g/mol. The van der Waals surface area contributed by atoms with Crippen LogP contribution in [0.1, 0.15) is 40.5 Å². The first-order chi connectivity index (χ1) is 9.54. The lowest BCUT2D eigenvalue weighted by Crippen LogP contribution is -2.49. The highest BCUT2D eigenvalue weighted by Crippen LogP contribution is 2.23. The fraction of sp³-hybridized carbons (Fsp3) is 0.933. The van der Waals surface area contributed by atoms with Gasteiger partial charge in [0.1, 0.15) is 0 Å². The molecule has 118 valence electrons. The number of hydrogen-bond acceptors (Lipinski definition) is 3. The molecule has 0 radical (unpaired) electrons. The lowest BCUT2D eigenvalue weighted by molar-refractivity contribution is 0.0242. The fourth-order valence-corrected chi connectivity index (χ4v) is 2.69. The Kier molecular flexibility index (Phi) is 7.30. The molecule has 0 aliphatic carbocycles. The van der Waals surface area contributed by atoms with E-state index >= 15 is 0 Å². The maximum atomic E-state index is 5.78. The molecular weight excluding hydrogens is 252 g/mol. The molecule has 1 rings (SSSR count). The minimum absolute atomic E-state index is 0.0396. The Balaban J connectivity index is 2.33. The first-order valence-corrected chi connectivity index (χ1v) is 7.87. The highest BCUT2D eigenvalue weighted by molar-refractivity contribution is 5.79. The third-order valence-electron chi connectivity index (χ3n) is 4.15. The summed E-state index contributed by atoms with van der Waals surface area (Å²) in [5.41, 5.74) is -0.0396. The molecule has 1 aliphatic heterocycles. The van der Waals surface area contributed by atoms with Crippen LogP contribution >= 0.6 is 0 Å². The van der Waals surface area contributed by atoms with Gasteiger partial charge in [-0.05, 0) is 39.8 Å². The molecule has 5 heteroatoms. The minimum Gasteiger partial charge on any atom is -0.373 e. The van der Waals surface area contributed by atoms with Gasteiger partial charge >= 0.3 is 0 Å². The van der Waals surface area contributed by atoms with E-state index < -0.39 is 0 Å². The summed E-state index contributed by atoms with van der Waals surface area (Å²) in [6.45, 7) is 13.6. The van der Waals surface area contributed by atoms with Crippen molar-refractivity contribution in [1.29, 1.82) is 0 Å². The minimum atomic E-state index is -0.0396. The second-order valence-electron chi connectivity index (χ2n) is 5.78. The predicted octanol–water partition coefficient (Wildman–Crippen LogP) is 1.45. The molecule has 5 nitrogen and oxygen atoms in total. The first-order valence-electron chi connectivity index (χ1n) is 7.87. The van der Waals surface area contributed by atoms with Crippen LogP contribution in [-0.2, 0) is 4.74 Å². The number of nitrogens with zero attached hydrogens (tertiary/aromatic N) is 2. The molecule has 0 amide bonds. The Labute approximate surface area is 124 Å². The van der Waals surface area contributed by atoms with E-state index in [4.69, 9.17) is 4.74 Å². The van der Waals surface area contributed by atoms with Crippen molar-refractivity contribution in [1.82, 2.24) is 15.5 Å². The van der Waals surface area contributed by atoms with E-state index in [9.17, 15) is 0 Å². The van der Waals surface area contributed by atoms with Gasteiger partial charge in [-0.3, -0.25) is 9.89 Å². The van der Waals surface area contributed by atoms with E-state index in [1.165, 1.54) is 0 Å². The molecule has 1 heterocycles. The van der Waals surface area contributed by atoms with Crippen LogP contribution in [0.15, 0.2) is 4.99 Å². The molecule has 0 saturated carbocycles. The van der Waals surface area contributed by atoms with Crippen LogP contribution in [0.25, 0.3) is 0 Å². The van der Waals surface area contributed by atoms with Crippen LogP contribution in [0.4, 0.5) is 0 Å². The molecule has 2 N–H and O–H groups in total. The summed E-state index contributed by atoms with van der Waals surface area (Å²) >= 11 is 0. The van der Waals surface area contributed by atoms with Crippen LogP contribution in [0.5, 0.6) is 0 Å². The zero-order valence-electron chi connectivity index (χ0n) is 13.8. The molecule has 0 spiro atoms. The maximum Gasteiger partial charge on any atom is 0.191 e. The van der Waals surface area contributed by atoms with Crippen molar-refractivity contribution in [3.8, 4) is 0 Å². The van der Waals surface area contributed by atoms with Gasteiger partial charge in [0.2, 0.25) is 0 Å². The van der Waals surface area contributed by atoms with Crippen LogP contribution in [-0.4, -0.2) is 62.3 Å². The van der Waals surface area contributed by atoms with Crippen LogP contribution < -0.4 is 10.6 Å². The summed E-state index contributed by atoms with van der Waals surface area (Å²) in [5.74, 6) is 0.862. The first kappa shape index (κ1) is 17.2. The monoisotopic (exact) mass is 284 g/mol. The lowest BCUT2D eigenvalue weighted by Gasteiger charge is -2.28. The predicted molar refractivity (Wildman–Crippen MR) is 85.3 cm³/mol. The zero-order chi connectivity index (χ0) is 15.0. The molecule has 2 atom stereocenters. The highest BCUT2D eigenvalue weighted by atomic mass is 16.5. The van der Waals surface area contributed by atoms with Crippen LogP contribution in [0.3, 0.4) is 0 Å². The second kappa shape index (κ2) is 8.47. The summed E-state index contributed by atoms with van der Waals surface area (Å²) < 4.78 is 5.78. The van der Waals surface area contributed by atoms with E-state index in [0.29, 0.717) is 6.04 Å². The van der Waals surface area contributed by atoms with Gasteiger partial charge < -0.3 is 15.4 Å². The van der Waals surface area contributed by atoms with Crippen LogP contribution in [0, 0.1) is 0 Å². The number of hydrogen-bond donors (Lipinski definition) is 2. The molecule has 0 aromatic carbocycles. The number of nitrogens with one attached hydrogen (secondary N) is 2. The maximum absolute atomic E-state index is 5.78. The topological polar surface area (TPSA) is 48.9 Å². The van der Waals surface area contributed by atoms with Crippen molar-refractivity contribution in [3.63, 3.8) is 0 Å². The van der Waals surface area contributed by atoms with Crippen molar-refractivity contribution >= 4 is 5.96 Å². The molecule has 0 aromatic heterocycles. The molecule has 1 saturated heterocycles. The standard InChI is InChI=1S/C15H32N4O/c1-6-19(7-2)13(3)11-17-14(16-5)18-12-15(4)9-8-10-20-15/h13H,6-12H2,1-5H3,(H2,16,17,18). The quantitative estimate of drug-likeness (QED) is 0.549. The summed E-state index contributed by atoms with van der Waals surface area (Å²) in [7, 11) is 1.81. The molecular formula is C15H32N4O. The van der Waals surface area contributed by atoms with Crippen molar-refractivity contribution in [2.45, 2.75) is 52.2 Å². The van der Waals surface area contributed by atoms with E-state index in [1.54, 1.807) is 0 Å².